The van der Waals surface area contributed by atoms with Crippen LogP contribution in [0.1, 0.15) is 78.3 Å². The summed E-state index contributed by atoms with van der Waals surface area (Å²) in [5, 5.41) is 17.5. The monoisotopic (exact) mass is 576 g/mol. The third kappa shape index (κ3) is 7.20. The highest BCUT2D eigenvalue weighted by Crippen LogP contribution is 2.33. The molecule has 1 atom stereocenters. The maximum Gasteiger partial charge on any atom is 0.335 e. The highest BCUT2D eigenvalue weighted by molar-refractivity contribution is 7.89. The Morgan fingerprint density at radius 1 is 0.976 bits per heavy atom. The average molecular weight is 577 g/mol. The molecular formula is C31H36N4O5S. The van der Waals surface area contributed by atoms with E-state index >= 15 is 0 Å². The number of hydrogen-bond acceptors (Lipinski definition) is 5. The number of fused-ring (bicyclic) bond motifs is 1. The number of aromatic nitrogens is 2. The standard InChI is InChI=1S/C31H36N4O5S/c1-3-5-6-7-25(4-2)35-28-17-14-24(31(37)38)20-27(28)34-29(35)22-10-12-23(13-11-22)30(36)33-19-18-21-8-15-26(16-9-21)41(32,39)40/h8-17,20,25H,3-7,18-19H2,1-2H3,(H,33,36)(H,37,38)(H2,32,39,40). The molecule has 1 unspecified atom stereocenters. The second-order valence-corrected chi connectivity index (χ2v) is 11.7. The first kappa shape index (κ1) is 30.0. The van der Waals surface area contributed by atoms with Gasteiger partial charge < -0.3 is 15.0 Å². The molecule has 1 aromatic heterocycles. The van der Waals surface area contributed by atoms with E-state index in [0.29, 0.717) is 24.0 Å². The largest absolute Gasteiger partial charge is 0.478 e. The van der Waals surface area contributed by atoms with E-state index in [-0.39, 0.29) is 22.4 Å². The van der Waals surface area contributed by atoms with Gasteiger partial charge >= 0.3 is 5.97 Å². The van der Waals surface area contributed by atoms with E-state index in [1.807, 2.05) is 18.2 Å². The van der Waals surface area contributed by atoms with Crippen molar-refractivity contribution < 1.29 is 23.1 Å². The smallest absolute Gasteiger partial charge is 0.335 e. The molecule has 216 valence electrons. The van der Waals surface area contributed by atoms with Gasteiger partial charge in [0.1, 0.15) is 5.82 Å². The Morgan fingerprint density at radius 2 is 1.66 bits per heavy atom. The Labute approximate surface area is 240 Å². The number of carbonyl (C=O) groups is 2. The van der Waals surface area contributed by atoms with Crippen LogP contribution in [0.15, 0.2) is 71.6 Å². The molecule has 4 N–H and O–H groups in total. The zero-order valence-corrected chi connectivity index (χ0v) is 24.2. The van der Waals surface area contributed by atoms with Crippen molar-refractivity contribution in [2.24, 2.45) is 5.14 Å². The summed E-state index contributed by atoms with van der Waals surface area (Å²) in [4.78, 5) is 29.3. The summed E-state index contributed by atoms with van der Waals surface area (Å²) < 4.78 is 25.0. The van der Waals surface area contributed by atoms with Gasteiger partial charge in [0.25, 0.3) is 5.91 Å². The van der Waals surface area contributed by atoms with Crippen molar-refractivity contribution in [1.82, 2.24) is 14.9 Å². The number of hydrogen-bond donors (Lipinski definition) is 3. The second-order valence-electron chi connectivity index (χ2n) is 10.1. The molecule has 0 fully saturated rings. The van der Waals surface area contributed by atoms with Gasteiger partial charge in [0, 0.05) is 23.7 Å². The van der Waals surface area contributed by atoms with E-state index in [4.69, 9.17) is 10.1 Å². The second kappa shape index (κ2) is 13.1. The minimum atomic E-state index is -3.74. The highest BCUT2D eigenvalue weighted by atomic mass is 32.2. The Kier molecular flexibility index (Phi) is 9.57. The SMILES string of the molecule is CCCCCC(CC)n1c(-c2ccc(C(=O)NCCc3ccc(S(N)(=O)=O)cc3)cc2)nc2cc(C(=O)O)ccc21. The molecule has 10 heteroatoms. The van der Waals surface area contributed by atoms with E-state index < -0.39 is 16.0 Å². The van der Waals surface area contributed by atoms with Crippen molar-refractivity contribution in [3.8, 4) is 11.4 Å². The lowest BCUT2D eigenvalue weighted by molar-refractivity contribution is 0.0696. The van der Waals surface area contributed by atoms with Crippen LogP contribution in [-0.4, -0.2) is 41.5 Å². The molecule has 41 heavy (non-hydrogen) atoms. The fraction of sp³-hybridized carbons (Fsp3) is 0.323. The number of carboxylic acids is 1. The molecule has 1 amide bonds. The van der Waals surface area contributed by atoms with Crippen LogP contribution in [-0.2, 0) is 16.4 Å². The molecule has 0 bridgehead atoms. The van der Waals surface area contributed by atoms with E-state index in [1.54, 1.807) is 36.4 Å². The van der Waals surface area contributed by atoms with Crippen LogP contribution in [0.25, 0.3) is 22.4 Å². The van der Waals surface area contributed by atoms with Gasteiger partial charge in [-0.2, -0.15) is 0 Å². The zero-order chi connectivity index (χ0) is 29.6. The average Bonchev–Trinajstić information content (AvgIpc) is 3.34. The number of amides is 1. The molecule has 4 aromatic rings. The minimum Gasteiger partial charge on any atom is -0.478 e. The number of carboxylic acid groups (broad SMARTS) is 1. The number of nitrogens with one attached hydrogen (secondary N) is 1. The topological polar surface area (TPSA) is 144 Å². The molecule has 0 saturated heterocycles. The molecule has 3 aromatic carbocycles. The zero-order valence-electron chi connectivity index (χ0n) is 23.3. The molecule has 0 saturated carbocycles. The van der Waals surface area contributed by atoms with Gasteiger partial charge in [-0.3, -0.25) is 4.79 Å². The van der Waals surface area contributed by atoms with Crippen LogP contribution in [0, 0.1) is 0 Å². The summed E-state index contributed by atoms with van der Waals surface area (Å²) in [5.41, 5.74) is 3.95. The predicted molar refractivity (Wildman–Crippen MR) is 159 cm³/mol. The van der Waals surface area contributed by atoms with Crippen molar-refractivity contribution >= 4 is 32.9 Å². The maximum atomic E-state index is 12.8. The normalized spacial score (nSPS) is 12.4. The number of benzene rings is 3. The number of nitrogens with zero attached hydrogens (tertiary/aromatic N) is 2. The summed E-state index contributed by atoms with van der Waals surface area (Å²) in [6, 6.07) is 18.8. The van der Waals surface area contributed by atoms with Crippen LogP contribution in [0.3, 0.4) is 0 Å². The lowest BCUT2D eigenvalue weighted by Gasteiger charge is -2.21. The molecule has 0 aliphatic heterocycles. The first-order chi connectivity index (χ1) is 19.6. The number of sulfonamides is 1. The van der Waals surface area contributed by atoms with Gasteiger partial charge in [0.15, 0.2) is 0 Å². The Balaban J connectivity index is 1.53. The van der Waals surface area contributed by atoms with Gasteiger partial charge in [-0.1, -0.05) is 57.4 Å². The molecule has 0 spiro atoms. The van der Waals surface area contributed by atoms with Gasteiger partial charge in [0.2, 0.25) is 10.0 Å². The summed E-state index contributed by atoms with van der Waals surface area (Å²) in [7, 11) is -3.74. The van der Waals surface area contributed by atoms with Gasteiger partial charge in [-0.25, -0.2) is 23.3 Å². The van der Waals surface area contributed by atoms with Crippen LogP contribution in [0.2, 0.25) is 0 Å². The molecule has 0 aliphatic rings. The molecule has 9 nitrogen and oxygen atoms in total. The Bertz CT molecular complexity index is 1630. The molecule has 0 aliphatic carbocycles. The lowest BCUT2D eigenvalue weighted by atomic mass is 10.0. The molecule has 4 rings (SSSR count). The molecule has 1 heterocycles. The number of nitrogens with two attached hydrogens (primary N) is 1. The van der Waals surface area contributed by atoms with Crippen molar-refractivity contribution in [1.29, 1.82) is 0 Å². The fourth-order valence-corrected chi connectivity index (χ4v) is 5.51. The van der Waals surface area contributed by atoms with Gasteiger partial charge in [0.05, 0.1) is 21.5 Å². The first-order valence-corrected chi connectivity index (χ1v) is 15.4. The third-order valence-corrected chi connectivity index (χ3v) is 8.20. The predicted octanol–water partition coefficient (Wildman–Crippen LogP) is 5.55. The third-order valence-electron chi connectivity index (χ3n) is 7.27. The minimum absolute atomic E-state index is 0.0486. The van der Waals surface area contributed by atoms with Gasteiger partial charge in [-0.05, 0) is 67.3 Å². The number of primary sulfonamides is 1. The van der Waals surface area contributed by atoms with Crippen molar-refractivity contribution in [3.63, 3.8) is 0 Å². The number of imidazole rings is 1. The van der Waals surface area contributed by atoms with E-state index in [1.165, 1.54) is 12.1 Å². The van der Waals surface area contributed by atoms with Crippen LogP contribution in [0.5, 0.6) is 0 Å². The van der Waals surface area contributed by atoms with Gasteiger partial charge in [-0.15, -0.1) is 0 Å². The summed E-state index contributed by atoms with van der Waals surface area (Å²) in [6.07, 6.45) is 5.81. The fourth-order valence-electron chi connectivity index (χ4n) is 4.99. The van der Waals surface area contributed by atoms with Crippen molar-refractivity contribution in [2.45, 2.75) is 63.3 Å². The quantitative estimate of drug-likeness (QED) is 0.178. The summed E-state index contributed by atoms with van der Waals surface area (Å²) in [5.74, 6) is -0.460. The summed E-state index contributed by atoms with van der Waals surface area (Å²) >= 11 is 0. The van der Waals surface area contributed by atoms with Crippen LogP contribution < -0.4 is 10.5 Å². The van der Waals surface area contributed by atoms with Crippen molar-refractivity contribution in [3.05, 3.63) is 83.4 Å². The number of carbonyl (C=O) groups excluding carboxylic acids is 1. The van der Waals surface area contributed by atoms with Crippen LogP contribution >= 0.6 is 0 Å². The number of rotatable bonds is 13. The lowest BCUT2D eigenvalue weighted by Crippen LogP contribution is -2.25. The Morgan fingerprint density at radius 3 is 2.27 bits per heavy atom. The molecule has 0 radical (unpaired) electrons. The number of aromatic carboxylic acids is 1. The first-order valence-electron chi connectivity index (χ1n) is 13.9. The van der Waals surface area contributed by atoms with E-state index in [2.05, 4.69) is 23.7 Å². The Hall–Kier alpha value is -4.02. The van der Waals surface area contributed by atoms with E-state index in [9.17, 15) is 23.1 Å². The number of unbranched alkanes of at least 4 members (excludes halogenated alkanes) is 2. The summed E-state index contributed by atoms with van der Waals surface area (Å²) in [6.45, 7) is 4.71. The highest BCUT2D eigenvalue weighted by Gasteiger charge is 2.20. The van der Waals surface area contributed by atoms with E-state index in [0.717, 1.165) is 54.6 Å². The maximum absolute atomic E-state index is 12.8. The van der Waals surface area contributed by atoms with Crippen molar-refractivity contribution in [2.75, 3.05) is 6.54 Å². The van der Waals surface area contributed by atoms with Crippen LogP contribution in [0.4, 0.5) is 0 Å². The molecular weight excluding hydrogens is 540 g/mol.